The highest BCUT2D eigenvalue weighted by Gasteiger charge is 2.42. The van der Waals surface area contributed by atoms with Crippen LogP contribution in [0, 0.1) is 35.8 Å². The molecule has 6 rings (SSSR count). The third kappa shape index (κ3) is 5.73. The van der Waals surface area contributed by atoms with Crippen molar-refractivity contribution in [3.8, 4) is 11.4 Å². The Hall–Kier alpha value is -4.15. The zero-order valence-electron chi connectivity index (χ0n) is 26.0. The van der Waals surface area contributed by atoms with Gasteiger partial charge in [-0.25, -0.2) is 0 Å². The van der Waals surface area contributed by atoms with Crippen molar-refractivity contribution in [3.63, 3.8) is 0 Å². The molecule has 0 saturated carbocycles. The van der Waals surface area contributed by atoms with Crippen LogP contribution < -0.4 is 19.9 Å². The normalized spacial score (nSPS) is 21.6. The lowest BCUT2D eigenvalue weighted by molar-refractivity contribution is -0.384. The minimum Gasteiger partial charge on any atom is -0.495 e. The van der Waals surface area contributed by atoms with E-state index in [-0.39, 0.29) is 17.8 Å². The maximum atomic E-state index is 11.7. The Bertz CT molecular complexity index is 1750. The van der Waals surface area contributed by atoms with Crippen LogP contribution in [0.3, 0.4) is 0 Å². The zero-order valence-corrected chi connectivity index (χ0v) is 27.6. The lowest BCUT2D eigenvalue weighted by Gasteiger charge is -2.37. The lowest BCUT2D eigenvalue weighted by atomic mass is 9.91. The number of nitro groups is 1. The van der Waals surface area contributed by atoms with E-state index in [2.05, 4.69) is 47.2 Å². The molecule has 9 nitrogen and oxygen atoms in total. The number of hydrogen-bond donors (Lipinski definition) is 1. The number of benzene rings is 2. The molecule has 0 bridgehead atoms. The fraction of sp³-hybridized carbons (Fsp3) is 0.353. The number of pyridine rings is 1. The molecule has 2 fully saturated rings. The Morgan fingerprint density at radius 1 is 1.04 bits per heavy atom. The number of nitro benzene ring substituents is 1. The molecule has 45 heavy (non-hydrogen) atoms. The molecule has 2 aliphatic heterocycles. The number of aryl methyl sites for hydroxylation is 1. The minimum absolute atomic E-state index is 0.0104. The molecule has 11 heteroatoms. The number of hydrogen-bond acceptors (Lipinski definition) is 6. The second kappa shape index (κ2) is 12.3. The molecular weight excluding hydrogens is 608 g/mol. The van der Waals surface area contributed by atoms with E-state index in [0.29, 0.717) is 33.4 Å². The molecule has 0 amide bonds. The molecule has 2 saturated heterocycles. The standard InChI is InChI=1S/C34H37ClN6O3S/c1-20-14-21(2)19-38(18-20)29-11-9-24(16-27(29)35)40-33(32(37-34(40)45)28-8-6-7-13-36-28)26-15-22(3)39(23(26)4)30-17-25(41(42)43)10-12-31(30)44-5/h6-13,15-17,20-21,32-33H,14,18-19H2,1-5H3,(H,37,45)/t20-,21-,32+,33-/m1/s1. The number of ether oxygens (including phenoxy) is 1. The van der Waals surface area contributed by atoms with E-state index in [1.165, 1.54) is 12.5 Å². The van der Waals surface area contributed by atoms with Gasteiger partial charge in [-0.3, -0.25) is 15.1 Å². The maximum absolute atomic E-state index is 11.7. The van der Waals surface area contributed by atoms with Gasteiger partial charge in [-0.1, -0.05) is 31.5 Å². The molecule has 2 aliphatic rings. The number of methoxy groups -OCH3 is 1. The van der Waals surface area contributed by atoms with E-state index in [0.717, 1.165) is 47.1 Å². The molecule has 2 aromatic carbocycles. The van der Waals surface area contributed by atoms with Crippen molar-refractivity contribution < 1.29 is 9.66 Å². The highest BCUT2D eigenvalue weighted by atomic mass is 35.5. The number of non-ortho nitro benzene ring substituents is 1. The average molecular weight is 645 g/mol. The smallest absolute Gasteiger partial charge is 0.271 e. The minimum atomic E-state index is -0.394. The molecule has 2 aromatic heterocycles. The summed E-state index contributed by atoms with van der Waals surface area (Å²) in [5.74, 6) is 1.74. The summed E-state index contributed by atoms with van der Waals surface area (Å²) < 4.78 is 7.65. The van der Waals surface area contributed by atoms with Crippen LogP contribution in [-0.2, 0) is 0 Å². The van der Waals surface area contributed by atoms with Crippen molar-refractivity contribution in [1.82, 2.24) is 14.9 Å². The van der Waals surface area contributed by atoms with Crippen molar-refractivity contribution in [2.75, 3.05) is 30.0 Å². The SMILES string of the molecule is COc1ccc([N+](=O)[O-])cc1-n1c(C)cc([C@@H]2[C@H](c3ccccn3)NC(=S)N2c2ccc(N3C[C@H](C)C[C@@H](C)C3)c(Cl)c2)c1C. The second-order valence-corrected chi connectivity index (χ2v) is 13.1. The summed E-state index contributed by atoms with van der Waals surface area (Å²) in [6.45, 7) is 10.5. The monoisotopic (exact) mass is 644 g/mol. The molecule has 0 aliphatic carbocycles. The summed E-state index contributed by atoms with van der Waals surface area (Å²) >= 11 is 13.0. The van der Waals surface area contributed by atoms with Gasteiger partial charge in [0.25, 0.3) is 5.69 Å². The molecule has 4 aromatic rings. The van der Waals surface area contributed by atoms with E-state index < -0.39 is 4.92 Å². The van der Waals surface area contributed by atoms with Gasteiger partial charge in [0.15, 0.2) is 5.11 Å². The summed E-state index contributed by atoms with van der Waals surface area (Å²) in [5, 5.41) is 16.5. The average Bonchev–Trinajstić information content (AvgIpc) is 3.50. The predicted molar refractivity (Wildman–Crippen MR) is 183 cm³/mol. The number of piperidine rings is 1. The van der Waals surface area contributed by atoms with E-state index in [4.69, 9.17) is 33.5 Å². The first kappa shape index (κ1) is 30.9. The summed E-state index contributed by atoms with van der Waals surface area (Å²) in [6, 6.07) is 18.3. The van der Waals surface area contributed by atoms with Crippen LogP contribution in [0.25, 0.3) is 5.69 Å². The number of aromatic nitrogens is 2. The van der Waals surface area contributed by atoms with Crippen LogP contribution in [0.4, 0.5) is 17.1 Å². The van der Waals surface area contributed by atoms with Gasteiger partial charge in [-0.2, -0.15) is 0 Å². The quantitative estimate of drug-likeness (QED) is 0.124. The largest absolute Gasteiger partial charge is 0.495 e. The highest BCUT2D eigenvalue weighted by Crippen LogP contribution is 2.46. The second-order valence-electron chi connectivity index (χ2n) is 12.3. The Kier molecular flexibility index (Phi) is 8.45. The first-order chi connectivity index (χ1) is 21.6. The first-order valence-corrected chi connectivity index (χ1v) is 15.9. The molecule has 0 spiro atoms. The number of anilines is 2. The van der Waals surface area contributed by atoms with Crippen LogP contribution in [0.5, 0.6) is 5.75 Å². The van der Waals surface area contributed by atoms with Crippen LogP contribution in [0.15, 0.2) is 66.9 Å². The van der Waals surface area contributed by atoms with Gasteiger partial charge in [0, 0.05) is 48.5 Å². The summed E-state index contributed by atoms with van der Waals surface area (Å²) in [6.07, 6.45) is 3.00. The molecule has 4 atom stereocenters. The van der Waals surface area contributed by atoms with Gasteiger partial charge in [0.1, 0.15) is 5.75 Å². The number of halogens is 1. The third-order valence-corrected chi connectivity index (χ3v) is 9.54. The van der Waals surface area contributed by atoms with Gasteiger partial charge >= 0.3 is 0 Å². The number of thiocarbonyl (C=S) groups is 1. The Morgan fingerprint density at radius 3 is 2.44 bits per heavy atom. The van der Waals surface area contributed by atoms with E-state index in [1.807, 2.05) is 42.7 Å². The molecule has 234 valence electrons. The van der Waals surface area contributed by atoms with Crippen LogP contribution in [-0.4, -0.2) is 39.8 Å². The molecule has 0 unspecified atom stereocenters. The summed E-state index contributed by atoms with van der Waals surface area (Å²) in [5.41, 5.74) is 6.16. The van der Waals surface area contributed by atoms with E-state index in [1.54, 1.807) is 25.4 Å². The lowest BCUT2D eigenvalue weighted by Crippen LogP contribution is -2.38. The van der Waals surface area contributed by atoms with Crippen LogP contribution in [0.2, 0.25) is 5.02 Å². The Balaban J connectivity index is 1.47. The van der Waals surface area contributed by atoms with Gasteiger partial charge in [-0.15, -0.1) is 0 Å². The van der Waals surface area contributed by atoms with Crippen molar-refractivity contribution in [1.29, 1.82) is 0 Å². The van der Waals surface area contributed by atoms with Crippen LogP contribution in [0.1, 0.15) is 55.0 Å². The van der Waals surface area contributed by atoms with Crippen molar-refractivity contribution in [2.45, 2.75) is 46.2 Å². The Morgan fingerprint density at radius 2 is 1.80 bits per heavy atom. The molecule has 4 heterocycles. The fourth-order valence-electron chi connectivity index (χ4n) is 7.14. The fourth-order valence-corrected chi connectivity index (χ4v) is 7.78. The van der Waals surface area contributed by atoms with Crippen molar-refractivity contribution in [3.05, 3.63) is 105 Å². The van der Waals surface area contributed by atoms with E-state index in [9.17, 15) is 10.1 Å². The van der Waals surface area contributed by atoms with Gasteiger partial charge in [0.05, 0.1) is 46.2 Å². The predicted octanol–water partition coefficient (Wildman–Crippen LogP) is 7.72. The highest BCUT2D eigenvalue weighted by molar-refractivity contribution is 7.80. The van der Waals surface area contributed by atoms with Gasteiger partial charge in [0.2, 0.25) is 0 Å². The number of nitrogens with one attached hydrogen (secondary N) is 1. The number of nitrogens with zero attached hydrogens (tertiary/aromatic N) is 5. The van der Waals surface area contributed by atoms with Crippen molar-refractivity contribution in [2.24, 2.45) is 11.8 Å². The van der Waals surface area contributed by atoms with Gasteiger partial charge < -0.3 is 24.4 Å². The molecular formula is C34H37ClN6O3S. The topological polar surface area (TPSA) is 88.7 Å². The molecule has 0 radical (unpaired) electrons. The van der Waals surface area contributed by atoms with E-state index >= 15 is 0 Å². The number of rotatable bonds is 7. The summed E-state index contributed by atoms with van der Waals surface area (Å²) in [7, 11) is 1.57. The van der Waals surface area contributed by atoms with Gasteiger partial charge in [-0.05, 0) is 92.4 Å². The Labute approximate surface area is 273 Å². The maximum Gasteiger partial charge on any atom is 0.271 e. The molecule has 1 N–H and O–H groups in total. The summed E-state index contributed by atoms with van der Waals surface area (Å²) in [4.78, 5) is 20.5. The first-order valence-electron chi connectivity index (χ1n) is 15.1. The van der Waals surface area contributed by atoms with Crippen LogP contribution >= 0.6 is 23.8 Å². The zero-order chi connectivity index (χ0) is 32.0. The third-order valence-electron chi connectivity index (χ3n) is 8.92. The van der Waals surface area contributed by atoms with Crippen molar-refractivity contribution >= 4 is 46.0 Å².